The Morgan fingerprint density at radius 1 is 1.33 bits per heavy atom. The fourth-order valence-electron chi connectivity index (χ4n) is 1.87. The van der Waals surface area contributed by atoms with Crippen LogP contribution in [0.25, 0.3) is 0 Å². The Morgan fingerprint density at radius 3 is 2.67 bits per heavy atom. The van der Waals surface area contributed by atoms with Gasteiger partial charge in [0.25, 0.3) is 0 Å². The Bertz CT molecular complexity index is 364. The highest BCUT2D eigenvalue weighted by molar-refractivity contribution is 6.30. The van der Waals surface area contributed by atoms with Crippen molar-refractivity contribution in [3.05, 3.63) is 28.8 Å². The molecule has 0 amide bonds. The number of hydrogen-bond acceptors (Lipinski definition) is 2. The molecule has 102 valence electrons. The van der Waals surface area contributed by atoms with Crippen LogP contribution >= 0.6 is 11.6 Å². The summed E-state index contributed by atoms with van der Waals surface area (Å²) in [7, 11) is 2.14. The van der Waals surface area contributed by atoms with Crippen molar-refractivity contribution in [3.8, 4) is 0 Å². The van der Waals surface area contributed by atoms with Crippen molar-refractivity contribution in [1.82, 2.24) is 5.32 Å². The molecule has 0 bridgehead atoms. The zero-order valence-corrected chi connectivity index (χ0v) is 12.7. The van der Waals surface area contributed by atoms with E-state index in [1.54, 1.807) is 0 Å². The molecule has 0 spiro atoms. The van der Waals surface area contributed by atoms with Gasteiger partial charge in [-0.05, 0) is 36.6 Å². The third-order valence-electron chi connectivity index (χ3n) is 3.07. The zero-order chi connectivity index (χ0) is 13.5. The van der Waals surface area contributed by atoms with Gasteiger partial charge in [-0.15, -0.1) is 0 Å². The Balaban J connectivity index is 2.79. The molecule has 0 saturated heterocycles. The zero-order valence-electron chi connectivity index (χ0n) is 12.0. The standard InChI is InChI=1S/C15H25ClN2/c1-5-17-11-13-6-7-14(16)10-15(13)18(4)9-8-12(2)3/h6-7,10,12,17H,5,8-9,11H2,1-4H3. The number of halogens is 1. The van der Waals surface area contributed by atoms with Gasteiger partial charge >= 0.3 is 0 Å². The molecule has 0 aliphatic rings. The molecule has 0 aliphatic heterocycles. The molecular formula is C15H25ClN2. The smallest absolute Gasteiger partial charge is 0.0426 e. The summed E-state index contributed by atoms with van der Waals surface area (Å²) in [5.41, 5.74) is 2.55. The van der Waals surface area contributed by atoms with Gasteiger partial charge in [0.05, 0.1) is 0 Å². The Hall–Kier alpha value is -0.730. The minimum atomic E-state index is 0.726. The Kier molecular flexibility index (Phi) is 6.51. The Labute approximate surface area is 116 Å². The van der Waals surface area contributed by atoms with E-state index < -0.39 is 0 Å². The highest BCUT2D eigenvalue weighted by atomic mass is 35.5. The third-order valence-corrected chi connectivity index (χ3v) is 3.30. The van der Waals surface area contributed by atoms with E-state index >= 15 is 0 Å². The predicted octanol–water partition coefficient (Wildman–Crippen LogP) is 3.93. The van der Waals surface area contributed by atoms with Crippen LogP contribution in [-0.2, 0) is 6.54 Å². The Morgan fingerprint density at radius 2 is 2.06 bits per heavy atom. The maximum atomic E-state index is 6.11. The average Bonchev–Trinajstić information content (AvgIpc) is 2.34. The van der Waals surface area contributed by atoms with Crippen LogP contribution in [0.1, 0.15) is 32.8 Å². The van der Waals surface area contributed by atoms with Gasteiger partial charge in [0, 0.05) is 30.8 Å². The van der Waals surface area contributed by atoms with Gasteiger partial charge in [-0.2, -0.15) is 0 Å². The van der Waals surface area contributed by atoms with Crippen LogP contribution in [0.3, 0.4) is 0 Å². The van der Waals surface area contributed by atoms with E-state index in [4.69, 9.17) is 11.6 Å². The summed E-state index contributed by atoms with van der Waals surface area (Å²) in [4.78, 5) is 2.30. The highest BCUT2D eigenvalue weighted by Crippen LogP contribution is 2.24. The van der Waals surface area contributed by atoms with Gasteiger partial charge in [0.15, 0.2) is 0 Å². The predicted molar refractivity (Wildman–Crippen MR) is 81.6 cm³/mol. The minimum Gasteiger partial charge on any atom is -0.374 e. The second kappa shape index (κ2) is 7.65. The number of rotatable bonds is 7. The van der Waals surface area contributed by atoms with E-state index in [1.165, 1.54) is 17.7 Å². The van der Waals surface area contributed by atoms with Gasteiger partial charge in [0.1, 0.15) is 0 Å². The molecule has 2 nitrogen and oxygen atoms in total. The monoisotopic (exact) mass is 268 g/mol. The van der Waals surface area contributed by atoms with Crippen molar-refractivity contribution in [2.24, 2.45) is 5.92 Å². The van der Waals surface area contributed by atoms with Crippen molar-refractivity contribution in [2.75, 3.05) is 25.0 Å². The van der Waals surface area contributed by atoms with Crippen LogP contribution in [0.4, 0.5) is 5.69 Å². The van der Waals surface area contributed by atoms with Crippen LogP contribution in [-0.4, -0.2) is 20.1 Å². The molecular weight excluding hydrogens is 244 g/mol. The van der Waals surface area contributed by atoms with Crippen LogP contribution in [0.5, 0.6) is 0 Å². The van der Waals surface area contributed by atoms with Crippen molar-refractivity contribution in [3.63, 3.8) is 0 Å². The summed E-state index contributed by atoms with van der Waals surface area (Å²) in [6.07, 6.45) is 1.20. The maximum Gasteiger partial charge on any atom is 0.0426 e. The second-order valence-corrected chi connectivity index (χ2v) is 5.59. The summed E-state index contributed by atoms with van der Waals surface area (Å²) < 4.78 is 0. The molecule has 0 aliphatic carbocycles. The molecule has 0 unspecified atom stereocenters. The third kappa shape index (κ3) is 4.87. The molecule has 1 N–H and O–H groups in total. The molecule has 18 heavy (non-hydrogen) atoms. The molecule has 0 saturated carbocycles. The molecule has 0 aromatic heterocycles. The number of anilines is 1. The van der Waals surface area contributed by atoms with Crippen LogP contribution < -0.4 is 10.2 Å². The lowest BCUT2D eigenvalue weighted by Gasteiger charge is -2.24. The lowest BCUT2D eigenvalue weighted by Crippen LogP contribution is -2.23. The molecule has 1 aromatic carbocycles. The molecule has 3 heteroatoms. The van der Waals surface area contributed by atoms with Crippen LogP contribution in [0.15, 0.2) is 18.2 Å². The summed E-state index contributed by atoms with van der Waals surface area (Å²) in [6, 6.07) is 6.15. The first-order valence-corrected chi connectivity index (χ1v) is 7.12. The van der Waals surface area contributed by atoms with E-state index in [2.05, 4.69) is 50.2 Å². The van der Waals surface area contributed by atoms with Gasteiger partial charge in [0.2, 0.25) is 0 Å². The van der Waals surface area contributed by atoms with Crippen LogP contribution in [0, 0.1) is 5.92 Å². The normalized spacial score (nSPS) is 11.0. The van der Waals surface area contributed by atoms with Gasteiger partial charge < -0.3 is 10.2 Å². The van der Waals surface area contributed by atoms with E-state index in [9.17, 15) is 0 Å². The molecule has 0 atom stereocenters. The van der Waals surface area contributed by atoms with Gasteiger partial charge in [-0.25, -0.2) is 0 Å². The summed E-state index contributed by atoms with van der Waals surface area (Å²) in [6.45, 7) is 9.58. The summed E-state index contributed by atoms with van der Waals surface area (Å²) in [5, 5.41) is 4.18. The average molecular weight is 269 g/mol. The first-order valence-electron chi connectivity index (χ1n) is 6.74. The SMILES string of the molecule is CCNCc1ccc(Cl)cc1N(C)CCC(C)C. The van der Waals surface area contributed by atoms with E-state index in [-0.39, 0.29) is 0 Å². The number of nitrogens with zero attached hydrogens (tertiary/aromatic N) is 1. The molecule has 1 aromatic rings. The van der Waals surface area contributed by atoms with E-state index in [0.717, 1.165) is 30.6 Å². The van der Waals surface area contributed by atoms with E-state index in [0.29, 0.717) is 0 Å². The number of benzene rings is 1. The largest absolute Gasteiger partial charge is 0.374 e. The number of hydrogen-bond donors (Lipinski definition) is 1. The minimum absolute atomic E-state index is 0.726. The summed E-state index contributed by atoms with van der Waals surface area (Å²) >= 11 is 6.11. The fraction of sp³-hybridized carbons (Fsp3) is 0.600. The van der Waals surface area contributed by atoms with Crippen molar-refractivity contribution in [1.29, 1.82) is 0 Å². The van der Waals surface area contributed by atoms with Gasteiger partial charge in [-0.3, -0.25) is 0 Å². The maximum absolute atomic E-state index is 6.11. The fourth-order valence-corrected chi connectivity index (χ4v) is 2.04. The molecule has 0 heterocycles. The molecule has 0 radical (unpaired) electrons. The van der Waals surface area contributed by atoms with Crippen molar-refractivity contribution < 1.29 is 0 Å². The van der Waals surface area contributed by atoms with Crippen molar-refractivity contribution in [2.45, 2.75) is 33.7 Å². The lowest BCUT2D eigenvalue weighted by molar-refractivity contribution is 0.584. The van der Waals surface area contributed by atoms with Gasteiger partial charge in [-0.1, -0.05) is 38.4 Å². The summed E-state index contributed by atoms with van der Waals surface area (Å²) in [5.74, 6) is 0.726. The molecule has 0 fully saturated rings. The quantitative estimate of drug-likeness (QED) is 0.806. The first kappa shape index (κ1) is 15.3. The van der Waals surface area contributed by atoms with Crippen molar-refractivity contribution >= 4 is 17.3 Å². The lowest BCUT2D eigenvalue weighted by atomic mass is 10.1. The topological polar surface area (TPSA) is 15.3 Å². The first-order chi connectivity index (χ1) is 8.54. The number of nitrogens with one attached hydrogen (secondary N) is 1. The highest BCUT2D eigenvalue weighted by Gasteiger charge is 2.08. The second-order valence-electron chi connectivity index (χ2n) is 5.16. The van der Waals surface area contributed by atoms with Crippen LogP contribution in [0.2, 0.25) is 5.02 Å². The molecule has 1 rings (SSSR count). The van der Waals surface area contributed by atoms with E-state index in [1.807, 2.05) is 6.07 Å².